The number of likely N-dealkylation sites (N-methyl/N-ethyl adjacent to an activating group) is 1. The second-order valence-electron chi connectivity index (χ2n) is 6.45. The van der Waals surface area contributed by atoms with Gasteiger partial charge < -0.3 is 10.2 Å². The Morgan fingerprint density at radius 3 is 2.67 bits per heavy atom. The molecule has 0 atom stereocenters. The third-order valence-electron chi connectivity index (χ3n) is 4.60. The van der Waals surface area contributed by atoms with E-state index in [1.54, 1.807) is 13.1 Å². The van der Waals surface area contributed by atoms with Gasteiger partial charge in [0, 0.05) is 19.3 Å². The predicted molar refractivity (Wildman–Crippen MR) is 102 cm³/mol. The third kappa shape index (κ3) is 4.17. The summed E-state index contributed by atoms with van der Waals surface area (Å²) in [7, 11) is -2.19. The molecule has 7 nitrogen and oxygen atoms in total. The summed E-state index contributed by atoms with van der Waals surface area (Å²) in [4.78, 5) is 25.3. The topological polar surface area (TPSA) is 95.6 Å². The smallest absolute Gasteiger partial charge is 0.241 e. The average Bonchev–Trinajstić information content (AvgIpc) is 2.93. The molecule has 0 radical (unpaired) electrons. The zero-order valence-corrected chi connectivity index (χ0v) is 16.0. The largest absolute Gasteiger partial charge is 0.351 e. The minimum Gasteiger partial charge on any atom is -0.351 e. The first-order valence-electron chi connectivity index (χ1n) is 8.48. The number of hydrogen-bond acceptors (Lipinski definition) is 4. The summed E-state index contributed by atoms with van der Waals surface area (Å²) in [6.07, 6.45) is 0.173. The van der Waals surface area contributed by atoms with Crippen LogP contribution >= 0.6 is 0 Å². The van der Waals surface area contributed by atoms with E-state index in [4.69, 9.17) is 0 Å². The fourth-order valence-electron chi connectivity index (χ4n) is 2.92. The Balaban J connectivity index is 1.60. The molecule has 1 aliphatic rings. The van der Waals surface area contributed by atoms with Crippen molar-refractivity contribution in [1.29, 1.82) is 0 Å². The molecule has 0 fully saturated rings. The Morgan fingerprint density at radius 2 is 1.93 bits per heavy atom. The summed E-state index contributed by atoms with van der Waals surface area (Å²) in [6, 6.07) is 12.2. The standard InChI is InChI=1S/C19H21N3O4S/c1-13-5-3-4-6-14(13)11-20-18(23)12-21-27(25,26)16-7-8-17-15(9-16)10-19(24)22(17)2/h3-9,21H,10-12H2,1-2H3,(H,20,23). The molecule has 2 N–H and O–H groups in total. The van der Waals surface area contributed by atoms with Gasteiger partial charge in [-0.05, 0) is 41.8 Å². The summed E-state index contributed by atoms with van der Waals surface area (Å²) >= 11 is 0. The van der Waals surface area contributed by atoms with E-state index in [2.05, 4.69) is 10.0 Å². The normalized spacial score (nSPS) is 13.6. The predicted octanol–water partition coefficient (Wildman–Crippen LogP) is 1.11. The van der Waals surface area contributed by atoms with Crippen molar-refractivity contribution in [3.8, 4) is 0 Å². The summed E-state index contributed by atoms with van der Waals surface area (Å²) in [5.41, 5.74) is 3.39. The highest BCUT2D eigenvalue weighted by Crippen LogP contribution is 2.29. The van der Waals surface area contributed by atoms with Gasteiger partial charge in [0.2, 0.25) is 21.8 Å². The van der Waals surface area contributed by atoms with Crippen LogP contribution in [0.25, 0.3) is 0 Å². The Labute approximate surface area is 158 Å². The van der Waals surface area contributed by atoms with Crippen LogP contribution < -0.4 is 14.9 Å². The van der Waals surface area contributed by atoms with Crippen molar-refractivity contribution >= 4 is 27.5 Å². The lowest BCUT2D eigenvalue weighted by atomic mass is 10.1. The highest BCUT2D eigenvalue weighted by Gasteiger charge is 2.26. The molecule has 2 aromatic carbocycles. The maximum Gasteiger partial charge on any atom is 0.241 e. The molecule has 2 amide bonds. The van der Waals surface area contributed by atoms with Gasteiger partial charge in [-0.15, -0.1) is 0 Å². The van der Waals surface area contributed by atoms with Crippen LogP contribution in [0.1, 0.15) is 16.7 Å². The number of nitrogens with zero attached hydrogens (tertiary/aromatic N) is 1. The van der Waals surface area contributed by atoms with Gasteiger partial charge in [0.1, 0.15) is 0 Å². The number of fused-ring (bicyclic) bond motifs is 1. The van der Waals surface area contributed by atoms with E-state index in [1.165, 1.54) is 17.0 Å². The molecule has 8 heteroatoms. The molecule has 0 saturated heterocycles. The Bertz CT molecular complexity index is 1000. The van der Waals surface area contributed by atoms with Crippen LogP contribution in [0.3, 0.4) is 0 Å². The maximum absolute atomic E-state index is 12.4. The molecule has 0 saturated carbocycles. The van der Waals surface area contributed by atoms with Crippen LogP contribution in [-0.4, -0.2) is 33.8 Å². The van der Waals surface area contributed by atoms with Crippen LogP contribution in [0.4, 0.5) is 5.69 Å². The van der Waals surface area contributed by atoms with Gasteiger partial charge in [-0.25, -0.2) is 13.1 Å². The van der Waals surface area contributed by atoms with Crippen LogP contribution in [0.15, 0.2) is 47.4 Å². The van der Waals surface area contributed by atoms with Crippen molar-refractivity contribution in [3.05, 3.63) is 59.2 Å². The van der Waals surface area contributed by atoms with Gasteiger partial charge >= 0.3 is 0 Å². The van der Waals surface area contributed by atoms with Gasteiger partial charge in [-0.1, -0.05) is 24.3 Å². The molecular weight excluding hydrogens is 366 g/mol. The van der Waals surface area contributed by atoms with Crippen LogP contribution in [0.2, 0.25) is 0 Å². The molecule has 2 aromatic rings. The minimum atomic E-state index is -3.84. The fourth-order valence-corrected chi connectivity index (χ4v) is 3.95. The van der Waals surface area contributed by atoms with Gasteiger partial charge in [-0.3, -0.25) is 9.59 Å². The molecule has 0 unspecified atom stereocenters. The fraction of sp³-hybridized carbons (Fsp3) is 0.263. The van der Waals surface area contributed by atoms with Crippen LogP contribution in [-0.2, 0) is 32.6 Å². The van der Waals surface area contributed by atoms with E-state index < -0.39 is 15.9 Å². The van der Waals surface area contributed by atoms with Crippen molar-refractivity contribution in [2.45, 2.75) is 24.8 Å². The number of carbonyl (C=O) groups excluding carboxylic acids is 2. The van der Waals surface area contributed by atoms with E-state index in [1.807, 2.05) is 31.2 Å². The van der Waals surface area contributed by atoms with E-state index >= 15 is 0 Å². The van der Waals surface area contributed by atoms with Crippen LogP contribution in [0.5, 0.6) is 0 Å². The average molecular weight is 387 g/mol. The Kier molecular flexibility index (Phi) is 5.29. The first kappa shape index (κ1) is 19.1. The Morgan fingerprint density at radius 1 is 1.19 bits per heavy atom. The Hall–Kier alpha value is -2.71. The number of amides is 2. The molecule has 0 bridgehead atoms. The molecule has 0 aromatic heterocycles. The van der Waals surface area contributed by atoms with Gasteiger partial charge in [0.05, 0.1) is 17.9 Å². The highest BCUT2D eigenvalue weighted by molar-refractivity contribution is 7.89. The van der Waals surface area contributed by atoms with Crippen molar-refractivity contribution < 1.29 is 18.0 Å². The summed E-state index contributed by atoms with van der Waals surface area (Å²) in [5.74, 6) is -0.499. The summed E-state index contributed by atoms with van der Waals surface area (Å²) in [6.45, 7) is 1.92. The second kappa shape index (κ2) is 7.50. The van der Waals surface area contributed by atoms with Crippen molar-refractivity contribution in [2.24, 2.45) is 0 Å². The minimum absolute atomic E-state index is 0.0380. The number of aryl methyl sites for hydroxylation is 1. The van der Waals surface area contributed by atoms with Crippen molar-refractivity contribution in [3.63, 3.8) is 0 Å². The number of rotatable bonds is 6. The SMILES string of the molecule is Cc1ccccc1CNC(=O)CNS(=O)(=O)c1ccc2c(c1)CC(=O)N2C. The van der Waals surface area contributed by atoms with Crippen LogP contribution in [0, 0.1) is 6.92 Å². The molecule has 0 spiro atoms. The first-order valence-corrected chi connectivity index (χ1v) is 9.96. The summed E-state index contributed by atoms with van der Waals surface area (Å²) < 4.78 is 27.2. The maximum atomic E-state index is 12.4. The lowest BCUT2D eigenvalue weighted by Crippen LogP contribution is -2.36. The number of benzene rings is 2. The van der Waals surface area contributed by atoms with E-state index in [-0.39, 0.29) is 23.8 Å². The van der Waals surface area contributed by atoms with Crippen molar-refractivity contribution in [2.75, 3.05) is 18.5 Å². The third-order valence-corrected chi connectivity index (χ3v) is 6.00. The van der Waals surface area contributed by atoms with Gasteiger partial charge in [0.15, 0.2) is 0 Å². The summed E-state index contributed by atoms with van der Waals surface area (Å²) in [5, 5.41) is 2.70. The van der Waals surface area contributed by atoms with Crippen molar-refractivity contribution in [1.82, 2.24) is 10.0 Å². The number of nitrogens with one attached hydrogen (secondary N) is 2. The molecule has 3 rings (SSSR count). The molecule has 1 heterocycles. The highest BCUT2D eigenvalue weighted by atomic mass is 32.2. The van der Waals surface area contributed by atoms with Gasteiger partial charge in [0.25, 0.3) is 0 Å². The van der Waals surface area contributed by atoms with E-state index in [0.717, 1.165) is 11.1 Å². The zero-order chi connectivity index (χ0) is 19.6. The quantitative estimate of drug-likeness (QED) is 0.776. The lowest BCUT2D eigenvalue weighted by Gasteiger charge is -2.12. The zero-order valence-electron chi connectivity index (χ0n) is 15.2. The lowest BCUT2D eigenvalue weighted by molar-refractivity contribution is -0.120. The molecule has 1 aliphatic heterocycles. The van der Waals surface area contributed by atoms with E-state index in [9.17, 15) is 18.0 Å². The number of hydrogen-bond donors (Lipinski definition) is 2. The monoisotopic (exact) mass is 387 g/mol. The number of anilines is 1. The first-order chi connectivity index (χ1) is 12.8. The molecule has 142 valence electrons. The molecule has 0 aliphatic carbocycles. The number of sulfonamides is 1. The molecule has 27 heavy (non-hydrogen) atoms. The van der Waals surface area contributed by atoms with Gasteiger partial charge in [-0.2, -0.15) is 0 Å². The number of carbonyl (C=O) groups is 2. The second-order valence-corrected chi connectivity index (χ2v) is 8.21. The van der Waals surface area contributed by atoms with E-state index in [0.29, 0.717) is 17.8 Å². The molecular formula is C19H21N3O4S.